The molecule has 2 heterocycles. The molecule has 1 atom stereocenters. The SMILES string of the molecule is CC1CN(c2ncccc2C#N)CCN1C(=O)C=Cc1cccc(Br)c1. The van der Waals surface area contributed by atoms with Gasteiger partial charge in [-0.1, -0.05) is 28.1 Å². The van der Waals surface area contributed by atoms with E-state index in [0.717, 1.165) is 10.0 Å². The van der Waals surface area contributed by atoms with E-state index in [9.17, 15) is 10.1 Å². The summed E-state index contributed by atoms with van der Waals surface area (Å²) in [7, 11) is 0. The molecular formula is C20H19BrN4O. The molecular weight excluding hydrogens is 392 g/mol. The molecule has 1 unspecified atom stereocenters. The molecule has 1 aromatic carbocycles. The van der Waals surface area contributed by atoms with Gasteiger partial charge in [0.1, 0.15) is 11.9 Å². The van der Waals surface area contributed by atoms with Crippen molar-refractivity contribution >= 4 is 33.7 Å². The Hall–Kier alpha value is -2.65. The fourth-order valence-electron chi connectivity index (χ4n) is 3.09. The molecule has 132 valence electrons. The minimum absolute atomic E-state index is 0.00125. The number of carbonyl (C=O) groups is 1. The van der Waals surface area contributed by atoms with Crippen LogP contribution in [-0.2, 0) is 4.79 Å². The van der Waals surface area contributed by atoms with E-state index in [4.69, 9.17) is 0 Å². The first kappa shape index (κ1) is 18.2. The number of hydrogen-bond acceptors (Lipinski definition) is 4. The van der Waals surface area contributed by atoms with Gasteiger partial charge in [0.05, 0.1) is 5.56 Å². The van der Waals surface area contributed by atoms with Crippen LogP contribution in [0.5, 0.6) is 0 Å². The number of amides is 1. The van der Waals surface area contributed by atoms with Crippen LogP contribution in [0.25, 0.3) is 6.08 Å². The van der Waals surface area contributed by atoms with Crippen molar-refractivity contribution in [3.63, 3.8) is 0 Å². The second-order valence-electron chi connectivity index (χ2n) is 6.20. The Morgan fingerprint density at radius 2 is 2.19 bits per heavy atom. The second-order valence-corrected chi connectivity index (χ2v) is 7.12. The molecule has 26 heavy (non-hydrogen) atoms. The normalized spacial score (nSPS) is 17.3. The van der Waals surface area contributed by atoms with Gasteiger partial charge in [-0.25, -0.2) is 4.98 Å². The van der Waals surface area contributed by atoms with Gasteiger partial charge in [-0.05, 0) is 42.8 Å². The first-order valence-corrected chi connectivity index (χ1v) is 9.22. The third-order valence-electron chi connectivity index (χ3n) is 4.38. The molecule has 1 aliphatic heterocycles. The summed E-state index contributed by atoms with van der Waals surface area (Å²) in [5.41, 5.74) is 1.54. The molecule has 3 rings (SSSR count). The summed E-state index contributed by atoms with van der Waals surface area (Å²) in [4.78, 5) is 20.9. The maximum Gasteiger partial charge on any atom is 0.246 e. The number of aromatic nitrogens is 1. The van der Waals surface area contributed by atoms with Crippen molar-refractivity contribution in [2.24, 2.45) is 0 Å². The first-order valence-electron chi connectivity index (χ1n) is 8.43. The number of benzene rings is 1. The van der Waals surface area contributed by atoms with Gasteiger partial charge in [0, 0.05) is 42.4 Å². The number of rotatable bonds is 3. The highest BCUT2D eigenvalue weighted by atomic mass is 79.9. The zero-order valence-electron chi connectivity index (χ0n) is 14.5. The molecule has 6 heteroatoms. The Morgan fingerprint density at radius 3 is 2.92 bits per heavy atom. The lowest BCUT2D eigenvalue weighted by atomic mass is 10.1. The van der Waals surface area contributed by atoms with Gasteiger partial charge in [0.25, 0.3) is 0 Å². The van der Waals surface area contributed by atoms with Gasteiger partial charge in [0.2, 0.25) is 5.91 Å². The second kappa shape index (κ2) is 8.15. The zero-order valence-corrected chi connectivity index (χ0v) is 16.1. The minimum atomic E-state index is -0.00125. The lowest BCUT2D eigenvalue weighted by Gasteiger charge is -2.40. The van der Waals surface area contributed by atoms with Gasteiger partial charge in [-0.2, -0.15) is 5.26 Å². The van der Waals surface area contributed by atoms with E-state index in [0.29, 0.717) is 31.0 Å². The topological polar surface area (TPSA) is 60.2 Å². The Morgan fingerprint density at radius 1 is 1.35 bits per heavy atom. The molecule has 1 aliphatic rings. The van der Waals surface area contributed by atoms with Crippen LogP contribution in [0.15, 0.2) is 53.1 Å². The molecule has 1 fully saturated rings. The van der Waals surface area contributed by atoms with Crippen LogP contribution in [0.4, 0.5) is 5.82 Å². The maximum atomic E-state index is 12.6. The number of hydrogen-bond donors (Lipinski definition) is 0. The number of carbonyl (C=O) groups excluding carboxylic acids is 1. The molecule has 0 aliphatic carbocycles. The number of anilines is 1. The van der Waals surface area contributed by atoms with Crippen molar-refractivity contribution < 1.29 is 4.79 Å². The van der Waals surface area contributed by atoms with Crippen molar-refractivity contribution in [3.8, 4) is 6.07 Å². The third-order valence-corrected chi connectivity index (χ3v) is 4.88. The number of nitrogens with zero attached hydrogens (tertiary/aromatic N) is 4. The smallest absolute Gasteiger partial charge is 0.246 e. The quantitative estimate of drug-likeness (QED) is 0.726. The fourth-order valence-corrected chi connectivity index (χ4v) is 3.50. The highest BCUT2D eigenvalue weighted by molar-refractivity contribution is 9.10. The van der Waals surface area contributed by atoms with Gasteiger partial charge < -0.3 is 9.80 Å². The van der Waals surface area contributed by atoms with Crippen LogP contribution in [0.2, 0.25) is 0 Å². The Labute approximate surface area is 161 Å². The number of nitriles is 1. The summed E-state index contributed by atoms with van der Waals surface area (Å²) in [6.07, 6.45) is 5.15. The highest BCUT2D eigenvalue weighted by Crippen LogP contribution is 2.21. The van der Waals surface area contributed by atoms with E-state index in [1.54, 1.807) is 24.4 Å². The summed E-state index contributed by atoms with van der Waals surface area (Å²) in [5, 5.41) is 9.26. The monoisotopic (exact) mass is 410 g/mol. The van der Waals surface area contributed by atoms with Gasteiger partial charge in [-0.3, -0.25) is 4.79 Å². The molecule has 1 saturated heterocycles. The first-order chi connectivity index (χ1) is 12.6. The molecule has 0 spiro atoms. The van der Waals surface area contributed by atoms with E-state index >= 15 is 0 Å². The molecule has 0 bridgehead atoms. The Bertz CT molecular complexity index is 874. The van der Waals surface area contributed by atoms with Gasteiger partial charge in [-0.15, -0.1) is 0 Å². The predicted octanol–water partition coefficient (Wildman–Crippen LogP) is 3.47. The van der Waals surface area contributed by atoms with Gasteiger partial charge >= 0.3 is 0 Å². The molecule has 1 amide bonds. The number of halogens is 1. The lowest BCUT2D eigenvalue weighted by molar-refractivity contribution is -0.128. The van der Waals surface area contributed by atoms with E-state index in [1.807, 2.05) is 42.2 Å². The standard InChI is InChI=1S/C20H19BrN4O/c1-15-14-24(20-17(13-22)5-3-9-23-20)10-11-25(15)19(26)8-7-16-4-2-6-18(21)12-16/h2-9,12,15H,10-11,14H2,1H3. The van der Waals surface area contributed by atoms with Crippen molar-refractivity contribution in [1.82, 2.24) is 9.88 Å². The molecule has 2 aromatic rings. The lowest BCUT2D eigenvalue weighted by Crippen LogP contribution is -2.54. The fraction of sp³-hybridized carbons (Fsp3) is 0.250. The molecule has 0 saturated carbocycles. The molecule has 5 nitrogen and oxygen atoms in total. The maximum absolute atomic E-state index is 12.6. The molecule has 0 N–H and O–H groups in total. The van der Waals surface area contributed by atoms with Crippen molar-refractivity contribution in [2.75, 3.05) is 24.5 Å². The van der Waals surface area contributed by atoms with Crippen molar-refractivity contribution in [2.45, 2.75) is 13.0 Å². The van der Waals surface area contributed by atoms with E-state index in [2.05, 4.69) is 31.9 Å². The minimum Gasteiger partial charge on any atom is -0.352 e. The third kappa shape index (κ3) is 4.12. The van der Waals surface area contributed by atoms with Crippen LogP contribution >= 0.6 is 15.9 Å². The van der Waals surface area contributed by atoms with Crippen molar-refractivity contribution in [3.05, 3.63) is 64.3 Å². The summed E-state index contributed by atoms with van der Waals surface area (Å²) in [6, 6.07) is 13.6. The summed E-state index contributed by atoms with van der Waals surface area (Å²) in [5.74, 6) is 0.692. The van der Waals surface area contributed by atoms with Gasteiger partial charge in [0.15, 0.2) is 0 Å². The van der Waals surface area contributed by atoms with E-state index in [1.165, 1.54) is 0 Å². The van der Waals surface area contributed by atoms with Crippen LogP contribution in [0, 0.1) is 11.3 Å². The van der Waals surface area contributed by atoms with E-state index in [-0.39, 0.29) is 11.9 Å². The Kier molecular flexibility index (Phi) is 5.69. The largest absolute Gasteiger partial charge is 0.352 e. The molecule has 0 radical (unpaired) electrons. The molecule has 1 aromatic heterocycles. The van der Waals surface area contributed by atoms with Crippen LogP contribution < -0.4 is 4.90 Å². The summed E-state index contributed by atoms with van der Waals surface area (Å²) < 4.78 is 0.984. The number of piperazine rings is 1. The van der Waals surface area contributed by atoms with Crippen LogP contribution in [0.3, 0.4) is 0 Å². The average Bonchev–Trinajstić information content (AvgIpc) is 2.66. The van der Waals surface area contributed by atoms with Crippen LogP contribution in [-0.4, -0.2) is 41.5 Å². The average molecular weight is 411 g/mol. The van der Waals surface area contributed by atoms with E-state index < -0.39 is 0 Å². The van der Waals surface area contributed by atoms with Crippen molar-refractivity contribution in [1.29, 1.82) is 5.26 Å². The highest BCUT2D eigenvalue weighted by Gasteiger charge is 2.27. The summed E-state index contributed by atoms with van der Waals surface area (Å²) >= 11 is 3.43. The Balaban J connectivity index is 1.67. The zero-order chi connectivity index (χ0) is 18.5. The number of pyridine rings is 1. The predicted molar refractivity (Wildman–Crippen MR) is 106 cm³/mol. The van der Waals surface area contributed by atoms with Crippen LogP contribution in [0.1, 0.15) is 18.1 Å². The summed E-state index contributed by atoms with van der Waals surface area (Å²) in [6.45, 7) is 3.94.